The molecule has 30 heteroatoms. The van der Waals surface area contributed by atoms with E-state index >= 15 is 0 Å². The van der Waals surface area contributed by atoms with Crippen molar-refractivity contribution in [3.05, 3.63) is 12.7 Å². The molecule has 0 fully saturated rings. The number of nitriles is 1. The fourth-order valence-electron chi connectivity index (χ4n) is 4.68. The first-order valence-electron chi connectivity index (χ1n) is 25.1. The molecule has 0 saturated heterocycles. The quantitative estimate of drug-likeness (QED) is 0.0137. The maximum Gasteiger partial charge on any atom is 0.0905 e. The van der Waals surface area contributed by atoms with Gasteiger partial charge in [-0.15, -0.1) is 0 Å². The summed E-state index contributed by atoms with van der Waals surface area (Å²) in [5.41, 5.74) is 60.5. The van der Waals surface area contributed by atoms with Crippen molar-refractivity contribution in [1.82, 2.24) is 31.9 Å². The molecule has 0 rings (SSSR count). The zero-order valence-corrected chi connectivity index (χ0v) is 44.0. The summed E-state index contributed by atoms with van der Waals surface area (Å²) in [5, 5.41) is 51.0. The number of allylic oxidation sites excluding steroid dienone is 1. The lowest BCUT2D eigenvalue weighted by molar-refractivity contribution is 0.549. The second kappa shape index (κ2) is 117. The summed E-state index contributed by atoms with van der Waals surface area (Å²) in [4.78, 5) is 0. The van der Waals surface area contributed by atoms with E-state index in [2.05, 4.69) is 103 Å². The first-order valence-corrected chi connectivity index (χ1v) is 25.1. The van der Waals surface area contributed by atoms with Gasteiger partial charge in [0.05, 0.1) is 6.07 Å². The van der Waals surface area contributed by atoms with Crippen LogP contribution in [0.15, 0.2) is 59.7 Å². The van der Waals surface area contributed by atoms with Crippen LogP contribution >= 0.6 is 0 Å². The van der Waals surface area contributed by atoms with E-state index in [0.29, 0.717) is 0 Å². The van der Waals surface area contributed by atoms with Gasteiger partial charge < -0.3 is 95.3 Å². The van der Waals surface area contributed by atoms with Crippen molar-refractivity contribution >= 4 is 0 Å². The molecule has 442 valence electrons. The highest BCUT2D eigenvalue weighted by Gasteiger charge is 1.93. The molecule has 0 radical (unpaired) electrons. The van der Waals surface area contributed by atoms with E-state index in [1.807, 2.05) is 0 Å². The minimum absolute atomic E-state index is 0. The van der Waals surface area contributed by atoms with E-state index in [4.69, 9.17) is 67.7 Å². The third kappa shape index (κ3) is 160. The van der Waals surface area contributed by atoms with Crippen LogP contribution < -0.4 is 95.3 Å². The average Bonchev–Trinajstić information content (AvgIpc) is 3.39. The van der Waals surface area contributed by atoms with Gasteiger partial charge in [0.2, 0.25) is 0 Å². The molecule has 0 aromatic carbocycles. The molecule has 0 aromatic heterocycles. The van der Waals surface area contributed by atoms with Gasteiger partial charge in [-0.05, 0) is 252 Å². The van der Waals surface area contributed by atoms with E-state index in [1.165, 1.54) is 70.3 Å². The second-order valence-corrected chi connectivity index (χ2v) is 14.4. The van der Waals surface area contributed by atoms with Gasteiger partial charge in [0.15, 0.2) is 0 Å². The lowest BCUT2D eigenvalue weighted by Crippen LogP contribution is -2.24. The van der Waals surface area contributed by atoms with Gasteiger partial charge in [-0.2, -0.15) is 21.9 Å². The Morgan fingerprint density at radius 2 is 0.534 bits per heavy atom. The molecule has 0 saturated carbocycles. The van der Waals surface area contributed by atoms with Crippen LogP contribution in [0.2, 0.25) is 0 Å². The number of nitrogens with one attached hydrogen (secondary N) is 9. The fourth-order valence-corrected chi connectivity index (χ4v) is 4.68. The Balaban J connectivity index is -0.0000000721. The lowest BCUT2D eigenvalue weighted by Gasteiger charge is -2.06. The van der Waals surface area contributed by atoms with E-state index in [-0.39, 0.29) is 16.3 Å². The van der Waals surface area contributed by atoms with Crippen LogP contribution in [0, 0.1) is 27.9 Å². The SMILES string of the molecule is C.C.C=CC#N.N/N=N/N.N=N/N=N/N.N=N/N=N/N=N.NCCCCCN.NCCCCCNCCCN.NCCCNCCCCCNCCCN.NCCCNCCCCCNCCCNCCCN.[HH]. The number of nitrogens with two attached hydrogens (primary N) is 11. The minimum Gasteiger partial charge on any atom is -0.330 e. The number of unbranched alkanes of at least 4 members (excludes halogenated alkanes) is 8. The standard InChI is InChI=1S/C14H35N5.C11H28N4.C8H21N3.C5H14N2.C3H3N.2CH4.H2N6.H3N5.H4N4.H2/c15-7-4-11-17-9-2-1-3-10-18-13-6-14-19-12-5-8-16;12-6-4-10-14-8-2-1-3-9-15-11-5-7-13;9-5-2-1-3-7-11-8-4-6-10;6-4-2-1-3-5-7;1-2-3-4;;;1-3-5-6-4-2;1-3-5-4-2;1-3-4-2;/h17-19H,1-16H2;14-15H,1-13H2;11H,1-10H2;1-7H2;2H,1H2;2*1H4;1-2H;(H3,1,2,5);(H2,1,4)(H2,2,3);1H/b;;;;;;;3-1?,4-2?,6-5+;;;. The third-order valence-electron chi connectivity index (χ3n) is 8.26. The van der Waals surface area contributed by atoms with Gasteiger partial charge in [-0.3, -0.25) is 0 Å². The average molecular weight is 1060 g/mol. The van der Waals surface area contributed by atoms with Gasteiger partial charge in [0.1, 0.15) is 0 Å². The van der Waals surface area contributed by atoms with Crippen molar-refractivity contribution in [3.8, 4) is 6.07 Å². The van der Waals surface area contributed by atoms with Gasteiger partial charge in [0.25, 0.3) is 0 Å². The molecule has 0 unspecified atom stereocenters. The minimum atomic E-state index is 0. The maximum atomic E-state index is 7.51. The molecule has 0 aromatic rings. The van der Waals surface area contributed by atoms with Crippen molar-refractivity contribution in [2.24, 2.45) is 110 Å². The van der Waals surface area contributed by atoms with Crippen molar-refractivity contribution in [2.75, 3.05) is 131 Å². The monoisotopic (exact) mass is 1060 g/mol. The van der Waals surface area contributed by atoms with Crippen LogP contribution in [0.1, 0.15) is 132 Å². The van der Waals surface area contributed by atoms with Crippen molar-refractivity contribution in [2.45, 2.75) is 130 Å². The van der Waals surface area contributed by atoms with E-state index < -0.39 is 0 Å². The first kappa shape index (κ1) is 91.4. The predicted octanol–water partition coefficient (Wildman–Crippen LogP) is 3.16. The molecule has 73 heavy (non-hydrogen) atoms. The van der Waals surface area contributed by atoms with Crippen LogP contribution in [0.5, 0.6) is 0 Å². The first-order chi connectivity index (χ1) is 34.8. The lowest BCUT2D eigenvalue weighted by atomic mass is 10.2. The number of hydrogen-bond donors (Lipinski definition) is 20. The molecule has 0 aliphatic heterocycles. The maximum absolute atomic E-state index is 7.51. The Morgan fingerprint density at radius 1 is 0.342 bits per heavy atom. The topological polar surface area (TPSA) is 565 Å². The fraction of sp³-hybridized carbons (Fsp3) is 0.930. The Bertz CT molecular complexity index is 961. The van der Waals surface area contributed by atoms with Gasteiger partial charge in [-0.1, -0.05) is 62.8 Å². The zero-order chi connectivity index (χ0) is 54.9. The summed E-state index contributed by atoms with van der Waals surface area (Å²) in [6, 6.07) is 1.69. The summed E-state index contributed by atoms with van der Waals surface area (Å²) in [6.07, 6.45) is 22.5. The molecule has 0 heterocycles. The molecule has 31 N–H and O–H groups in total. The molecule has 0 aliphatic carbocycles. The molecule has 0 amide bonds. The van der Waals surface area contributed by atoms with Crippen LogP contribution in [0.3, 0.4) is 0 Å². The molecule has 0 bridgehead atoms. The Hall–Kier alpha value is -4.33. The molecule has 0 atom stereocenters. The molecule has 30 nitrogen and oxygen atoms in total. The van der Waals surface area contributed by atoms with Crippen LogP contribution in [0.4, 0.5) is 0 Å². The van der Waals surface area contributed by atoms with Crippen LogP contribution in [-0.4, -0.2) is 131 Å². The van der Waals surface area contributed by atoms with E-state index in [0.717, 1.165) is 182 Å². The van der Waals surface area contributed by atoms with Gasteiger partial charge >= 0.3 is 0 Å². The summed E-state index contributed by atoms with van der Waals surface area (Å²) in [5.74, 6) is 13.1. The van der Waals surface area contributed by atoms with Crippen molar-refractivity contribution < 1.29 is 1.43 Å². The van der Waals surface area contributed by atoms with E-state index in [9.17, 15) is 0 Å². The largest absolute Gasteiger partial charge is 0.330 e. The second-order valence-electron chi connectivity index (χ2n) is 14.4. The Kier molecular flexibility index (Phi) is 147. The highest BCUT2D eigenvalue weighted by atomic mass is 15.5. The van der Waals surface area contributed by atoms with E-state index in [1.54, 1.807) is 6.07 Å². The third-order valence-corrected chi connectivity index (χ3v) is 8.26. The smallest absolute Gasteiger partial charge is 0.0905 e. The highest BCUT2D eigenvalue weighted by molar-refractivity contribution is 4.93. The Labute approximate surface area is 444 Å². The number of nitrogens with zero attached hydrogens (tertiary/aromatic N) is 10. The summed E-state index contributed by atoms with van der Waals surface area (Å²) >= 11 is 0. The Morgan fingerprint density at radius 3 is 0.699 bits per heavy atom. The molecular weight excluding hydrogens is 937 g/mol. The molecule has 0 spiro atoms. The normalized spacial score (nSPS) is 9.58. The van der Waals surface area contributed by atoms with Crippen molar-refractivity contribution in [3.63, 3.8) is 0 Å². The summed E-state index contributed by atoms with van der Waals surface area (Å²) in [6.45, 7) is 22.6. The van der Waals surface area contributed by atoms with Gasteiger partial charge in [-0.25, -0.2) is 0 Å². The number of hydrogen-bond acceptors (Lipinski definition) is 21. The predicted molar refractivity (Wildman–Crippen MR) is 307 cm³/mol. The molecular formula is C43H120N30. The zero-order valence-electron chi connectivity index (χ0n) is 44.0. The number of rotatable bonds is 43. The molecule has 0 aliphatic rings. The summed E-state index contributed by atoms with van der Waals surface area (Å²) < 4.78 is 0. The van der Waals surface area contributed by atoms with Crippen LogP contribution in [-0.2, 0) is 0 Å². The van der Waals surface area contributed by atoms with Crippen molar-refractivity contribution in [1.29, 1.82) is 21.9 Å². The van der Waals surface area contributed by atoms with Gasteiger partial charge in [0, 0.05) is 7.50 Å². The summed E-state index contributed by atoms with van der Waals surface area (Å²) in [7, 11) is 0. The van der Waals surface area contributed by atoms with Crippen LogP contribution in [0.25, 0.3) is 0 Å². The highest BCUT2D eigenvalue weighted by Crippen LogP contribution is 1.94.